The van der Waals surface area contributed by atoms with Crippen molar-refractivity contribution in [2.45, 2.75) is 32.6 Å². The molecule has 0 amide bonds. The second-order valence-corrected chi connectivity index (χ2v) is 6.17. The molecule has 0 saturated heterocycles. The predicted molar refractivity (Wildman–Crippen MR) is 92.3 cm³/mol. The van der Waals surface area contributed by atoms with Crippen LogP contribution >= 0.6 is 0 Å². The number of fused-ring (bicyclic) bond motifs is 3. The van der Waals surface area contributed by atoms with Gasteiger partial charge >= 0.3 is 0 Å². The highest BCUT2D eigenvalue weighted by molar-refractivity contribution is 5.96. The van der Waals surface area contributed by atoms with E-state index in [9.17, 15) is 0 Å². The largest absolute Gasteiger partial charge is 0.0836 e. The van der Waals surface area contributed by atoms with Crippen molar-refractivity contribution < 1.29 is 0 Å². The third-order valence-electron chi connectivity index (χ3n) is 4.66. The lowest BCUT2D eigenvalue weighted by Crippen LogP contribution is -2.01. The molecule has 0 N–H and O–H groups in total. The summed E-state index contributed by atoms with van der Waals surface area (Å²) in [4.78, 5) is 0. The standard InChI is InChI=1S/C21H20/c1-15-7-6-9-16(13-15)21-14-17-8-2-3-10-18(17)19-11-4-5-12-20(19)21/h2-3,5,8-10,12-14H,4,6-7,11H2,1H3. The number of allylic oxidation sites excluding steroid dienone is 5. The van der Waals surface area contributed by atoms with Crippen molar-refractivity contribution in [3.8, 4) is 0 Å². The van der Waals surface area contributed by atoms with E-state index in [1.807, 2.05) is 0 Å². The van der Waals surface area contributed by atoms with E-state index < -0.39 is 0 Å². The van der Waals surface area contributed by atoms with Crippen LogP contribution in [0.1, 0.15) is 42.9 Å². The molecule has 2 aliphatic rings. The van der Waals surface area contributed by atoms with Gasteiger partial charge in [0.2, 0.25) is 0 Å². The summed E-state index contributed by atoms with van der Waals surface area (Å²) in [5, 5.41) is 2.80. The molecule has 0 heterocycles. The van der Waals surface area contributed by atoms with Crippen molar-refractivity contribution in [1.29, 1.82) is 0 Å². The Bertz CT molecular complexity index is 800. The van der Waals surface area contributed by atoms with Crippen LogP contribution in [0.15, 0.2) is 54.1 Å². The first kappa shape index (κ1) is 12.6. The molecule has 0 fully saturated rings. The summed E-state index contributed by atoms with van der Waals surface area (Å²) in [5.74, 6) is 0. The van der Waals surface area contributed by atoms with Gasteiger partial charge in [0.1, 0.15) is 0 Å². The quantitative estimate of drug-likeness (QED) is 0.604. The Morgan fingerprint density at radius 2 is 1.90 bits per heavy atom. The molecule has 2 aromatic carbocycles. The van der Waals surface area contributed by atoms with Gasteiger partial charge in [0.05, 0.1) is 0 Å². The first-order valence-corrected chi connectivity index (χ1v) is 7.92. The van der Waals surface area contributed by atoms with Gasteiger partial charge in [-0.25, -0.2) is 0 Å². The molecular formula is C21H20. The van der Waals surface area contributed by atoms with Crippen LogP contribution in [0.4, 0.5) is 0 Å². The molecule has 104 valence electrons. The molecule has 0 bridgehead atoms. The Labute approximate surface area is 126 Å². The van der Waals surface area contributed by atoms with Gasteiger partial charge in [-0.3, -0.25) is 0 Å². The van der Waals surface area contributed by atoms with E-state index >= 15 is 0 Å². The number of aryl methyl sites for hydroxylation is 1. The van der Waals surface area contributed by atoms with Crippen molar-refractivity contribution >= 4 is 22.4 Å². The zero-order valence-corrected chi connectivity index (χ0v) is 12.5. The topological polar surface area (TPSA) is 0 Å². The Morgan fingerprint density at radius 1 is 1.00 bits per heavy atom. The minimum atomic E-state index is 1.16. The van der Waals surface area contributed by atoms with E-state index in [4.69, 9.17) is 0 Å². The number of hydrogen-bond acceptors (Lipinski definition) is 0. The van der Waals surface area contributed by atoms with E-state index in [0.717, 1.165) is 12.8 Å². The summed E-state index contributed by atoms with van der Waals surface area (Å²) >= 11 is 0. The van der Waals surface area contributed by atoms with Crippen LogP contribution in [0.25, 0.3) is 22.4 Å². The third-order valence-corrected chi connectivity index (χ3v) is 4.66. The molecule has 0 radical (unpaired) electrons. The summed E-state index contributed by atoms with van der Waals surface area (Å²) in [7, 11) is 0. The highest BCUT2D eigenvalue weighted by atomic mass is 14.2. The fraction of sp³-hybridized carbons (Fsp3) is 0.238. The normalized spacial score (nSPS) is 17.4. The van der Waals surface area contributed by atoms with Crippen molar-refractivity contribution in [1.82, 2.24) is 0 Å². The van der Waals surface area contributed by atoms with Gasteiger partial charge < -0.3 is 0 Å². The number of benzene rings is 2. The first-order chi connectivity index (χ1) is 10.3. The summed E-state index contributed by atoms with van der Waals surface area (Å²) in [6.07, 6.45) is 14.1. The summed E-state index contributed by atoms with van der Waals surface area (Å²) < 4.78 is 0. The highest BCUT2D eigenvalue weighted by Gasteiger charge is 2.16. The average molecular weight is 272 g/mol. The van der Waals surface area contributed by atoms with Gasteiger partial charge in [-0.05, 0) is 71.7 Å². The van der Waals surface area contributed by atoms with Gasteiger partial charge in [-0.15, -0.1) is 0 Å². The molecule has 0 unspecified atom stereocenters. The average Bonchev–Trinajstić information content (AvgIpc) is 2.54. The monoisotopic (exact) mass is 272 g/mol. The SMILES string of the molecule is CC1=CC(c2cc3ccccc3c3c2C=CCC3)=CCC1. The maximum absolute atomic E-state index is 2.40. The summed E-state index contributed by atoms with van der Waals surface area (Å²) in [6.45, 7) is 2.25. The molecule has 0 aromatic heterocycles. The van der Waals surface area contributed by atoms with Crippen LogP contribution < -0.4 is 0 Å². The van der Waals surface area contributed by atoms with Crippen LogP contribution in [-0.2, 0) is 6.42 Å². The fourth-order valence-electron chi connectivity index (χ4n) is 3.61. The maximum atomic E-state index is 2.40. The molecule has 2 aromatic rings. The van der Waals surface area contributed by atoms with Crippen molar-refractivity contribution in [2.75, 3.05) is 0 Å². The molecule has 4 rings (SSSR count). The van der Waals surface area contributed by atoms with Gasteiger partial charge in [0, 0.05) is 0 Å². The second kappa shape index (κ2) is 5.04. The number of hydrogen-bond donors (Lipinski definition) is 0. The van der Waals surface area contributed by atoms with Crippen molar-refractivity contribution in [3.63, 3.8) is 0 Å². The van der Waals surface area contributed by atoms with E-state index in [1.54, 1.807) is 0 Å². The van der Waals surface area contributed by atoms with Crippen LogP contribution in [0.2, 0.25) is 0 Å². The van der Waals surface area contributed by atoms with Crippen LogP contribution in [0.3, 0.4) is 0 Å². The summed E-state index contributed by atoms with van der Waals surface area (Å²) in [5.41, 5.74) is 7.29. The Kier molecular flexibility index (Phi) is 3.03. The Balaban J connectivity index is 2.02. The Morgan fingerprint density at radius 3 is 2.81 bits per heavy atom. The zero-order chi connectivity index (χ0) is 14.2. The van der Waals surface area contributed by atoms with E-state index in [2.05, 4.69) is 61.6 Å². The first-order valence-electron chi connectivity index (χ1n) is 7.92. The maximum Gasteiger partial charge on any atom is -0.0106 e. The molecule has 0 atom stereocenters. The zero-order valence-electron chi connectivity index (χ0n) is 12.5. The lowest BCUT2D eigenvalue weighted by Gasteiger charge is -2.20. The van der Waals surface area contributed by atoms with Crippen molar-refractivity contribution in [3.05, 3.63) is 70.8 Å². The minimum absolute atomic E-state index is 1.16. The smallest absolute Gasteiger partial charge is 0.0106 e. The molecule has 0 spiro atoms. The molecule has 21 heavy (non-hydrogen) atoms. The summed E-state index contributed by atoms with van der Waals surface area (Å²) in [6, 6.07) is 11.2. The molecule has 0 heteroatoms. The Hall–Kier alpha value is -2.08. The van der Waals surface area contributed by atoms with E-state index in [1.165, 1.54) is 51.5 Å². The van der Waals surface area contributed by atoms with Gasteiger partial charge in [-0.1, -0.05) is 54.1 Å². The van der Waals surface area contributed by atoms with Crippen LogP contribution in [0, 0.1) is 0 Å². The predicted octanol–water partition coefficient (Wildman–Crippen LogP) is 5.92. The van der Waals surface area contributed by atoms with Crippen LogP contribution in [0.5, 0.6) is 0 Å². The van der Waals surface area contributed by atoms with Gasteiger partial charge in [0.15, 0.2) is 0 Å². The minimum Gasteiger partial charge on any atom is -0.0836 e. The molecule has 2 aliphatic carbocycles. The van der Waals surface area contributed by atoms with Crippen LogP contribution in [-0.4, -0.2) is 0 Å². The lowest BCUT2D eigenvalue weighted by molar-refractivity contribution is 0.964. The van der Waals surface area contributed by atoms with E-state index in [0.29, 0.717) is 0 Å². The van der Waals surface area contributed by atoms with Gasteiger partial charge in [0.25, 0.3) is 0 Å². The lowest BCUT2D eigenvalue weighted by atomic mass is 9.84. The number of rotatable bonds is 1. The van der Waals surface area contributed by atoms with Gasteiger partial charge in [-0.2, -0.15) is 0 Å². The van der Waals surface area contributed by atoms with Crippen molar-refractivity contribution in [2.24, 2.45) is 0 Å². The highest BCUT2D eigenvalue weighted by Crippen LogP contribution is 2.36. The van der Waals surface area contributed by atoms with E-state index in [-0.39, 0.29) is 0 Å². The second-order valence-electron chi connectivity index (χ2n) is 6.17. The molecular weight excluding hydrogens is 252 g/mol. The third kappa shape index (κ3) is 2.15. The fourth-order valence-corrected chi connectivity index (χ4v) is 3.61. The molecule has 0 nitrogen and oxygen atoms in total. The molecule has 0 saturated carbocycles. The molecule has 0 aliphatic heterocycles.